The molecule has 0 bridgehead atoms. The lowest BCUT2D eigenvalue weighted by Crippen LogP contribution is -3.15. The van der Waals surface area contributed by atoms with E-state index in [1.165, 1.54) is 34.5 Å². The fourth-order valence-electron chi connectivity index (χ4n) is 2.73. The minimum atomic E-state index is -3.74. The summed E-state index contributed by atoms with van der Waals surface area (Å²) in [4.78, 5) is 25.7. The summed E-state index contributed by atoms with van der Waals surface area (Å²) in [5.41, 5.74) is 0. The van der Waals surface area contributed by atoms with Crippen LogP contribution in [0.25, 0.3) is 0 Å². The van der Waals surface area contributed by atoms with Crippen molar-refractivity contribution in [1.29, 1.82) is 0 Å². The van der Waals surface area contributed by atoms with Crippen molar-refractivity contribution in [2.75, 3.05) is 53.4 Å². The fourth-order valence-corrected chi connectivity index (χ4v) is 4.20. The lowest BCUT2D eigenvalue weighted by Gasteiger charge is -2.31. The number of carbonyl (C=O) groups is 2. The maximum Gasteiger partial charge on any atom is 0.277 e. The second-order valence-corrected chi connectivity index (χ2v) is 8.15. The quantitative estimate of drug-likeness (QED) is 0.586. The van der Waals surface area contributed by atoms with E-state index in [2.05, 4.69) is 5.32 Å². The highest BCUT2D eigenvalue weighted by Gasteiger charge is 2.31. The number of sulfonamides is 1. The van der Waals surface area contributed by atoms with E-state index in [0.717, 1.165) is 11.0 Å². The van der Waals surface area contributed by atoms with Gasteiger partial charge in [0.2, 0.25) is 15.9 Å². The van der Waals surface area contributed by atoms with E-state index in [-0.39, 0.29) is 42.9 Å². The highest BCUT2D eigenvalue weighted by atomic mass is 32.2. The molecule has 0 radical (unpaired) electrons. The van der Waals surface area contributed by atoms with Crippen LogP contribution in [0.3, 0.4) is 0 Å². The number of carbonyl (C=O) groups excluding carboxylic acids is 2. The second kappa shape index (κ2) is 8.56. The van der Waals surface area contributed by atoms with E-state index in [1.807, 2.05) is 0 Å². The van der Waals surface area contributed by atoms with Gasteiger partial charge in [0.1, 0.15) is 5.82 Å². The van der Waals surface area contributed by atoms with Crippen LogP contribution in [0.5, 0.6) is 0 Å². The molecule has 1 aromatic carbocycles. The number of hydrogen-bond acceptors (Lipinski definition) is 4. The Hall–Kier alpha value is -2.04. The second-order valence-electron chi connectivity index (χ2n) is 6.21. The predicted molar refractivity (Wildman–Crippen MR) is 92.4 cm³/mol. The van der Waals surface area contributed by atoms with E-state index < -0.39 is 15.8 Å². The zero-order chi connectivity index (χ0) is 19.3. The van der Waals surface area contributed by atoms with Gasteiger partial charge in [-0.3, -0.25) is 9.59 Å². The molecule has 1 aliphatic heterocycles. The minimum absolute atomic E-state index is 0.0112. The number of nitrogens with one attached hydrogen (secondary N) is 2. The average molecular weight is 387 g/mol. The lowest BCUT2D eigenvalue weighted by atomic mass is 10.3. The van der Waals surface area contributed by atoms with Crippen LogP contribution >= 0.6 is 0 Å². The fraction of sp³-hybridized carbons (Fsp3) is 0.500. The summed E-state index contributed by atoms with van der Waals surface area (Å²) in [5, 5.41) is 2.46. The van der Waals surface area contributed by atoms with Crippen molar-refractivity contribution in [1.82, 2.24) is 14.5 Å². The Morgan fingerprint density at radius 2 is 1.96 bits per heavy atom. The smallest absolute Gasteiger partial charge is 0.277 e. The summed E-state index contributed by atoms with van der Waals surface area (Å²) in [7, 11) is -0.679. The summed E-state index contributed by atoms with van der Waals surface area (Å²) in [6, 6.07) is 4.94. The molecule has 1 fully saturated rings. The molecule has 0 saturated carbocycles. The minimum Gasteiger partial charge on any atom is -0.358 e. The molecule has 1 heterocycles. The molecule has 2 N–H and O–H groups in total. The van der Waals surface area contributed by atoms with Gasteiger partial charge in [-0.25, -0.2) is 12.8 Å². The van der Waals surface area contributed by atoms with Crippen molar-refractivity contribution < 1.29 is 27.3 Å². The van der Waals surface area contributed by atoms with Gasteiger partial charge < -0.3 is 15.1 Å². The van der Waals surface area contributed by atoms with Gasteiger partial charge in [-0.05, 0) is 18.2 Å². The highest BCUT2D eigenvalue weighted by molar-refractivity contribution is 7.89. The first kappa shape index (κ1) is 20.3. The zero-order valence-corrected chi connectivity index (χ0v) is 15.7. The Morgan fingerprint density at radius 3 is 2.54 bits per heavy atom. The third-order valence-electron chi connectivity index (χ3n) is 4.35. The van der Waals surface area contributed by atoms with Crippen LogP contribution < -0.4 is 10.2 Å². The molecule has 0 atom stereocenters. The van der Waals surface area contributed by atoms with E-state index in [4.69, 9.17) is 0 Å². The Balaban J connectivity index is 1.90. The molecule has 144 valence electrons. The summed E-state index contributed by atoms with van der Waals surface area (Å²) >= 11 is 0. The van der Waals surface area contributed by atoms with Gasteiger partial charge in [-0.2, -0.15) is 4.31 Å². The van der Waals surface area contributed by atoms with Crippen molar-refractivity contribution in [3.8, 4) is 0 Å². The Labute approximate surface area is 152 Å². The molecule has 2 amide bonds. The summed E-state index contributed by atoms with van der Waals surface area (Å²) < 4.78 is 39.7. The standard InChI is InChI=1S/C16H23FN4O4S/c1-18-15(22)11-19(2)16(23)12-20-6-8-21(9-7-20)26(24,25)14-5-3-4-13(17)10-14/h3-5,10H,6-9,11-12H2,1-2H3,(H,18,22)/p+1. The van der Waals surface area contributed by atoms with Crippen LogP contribution in [0.15, 0.2) is 29.2 Å². The number of amides is 2. The molecule has 0 aliphatic carbocycles. The van der Waals surface area contributed by atoms with E-state index in [0.29, 0.717) is 13.1 Å². The van der Waals surface area contributed by atoms with Crippen molar-refractivity contribution in [2.24, 2.45) is 0 Å². The molecule has 10 heteroatoms. The van der Waals surface area contributed by atoms with Gasteiger partial charge in [0.25, 0.3) is 5.91 Å². The lowest BCUT2D eigenvalue weighted by molar-refractivity contribution is -0.895. The molecule has 2 rings (SSSR count). The van der Waals surface area contributed by atoms with E-state index in [1.54, 1.807) is 7.05 Å². The Kier molecular flexibility index (Phi) is 6.68. The monoisotopic (exact) mass is 387 g/mol. The first-order chi connectivity index (χ1) is 12.2. The SMILES string of the molecule is CNC(=O)CN(C)C(=O)C[NH+]1CCN(S(=O)(=O)c2cccc(F)c2)CC1. The van der Waals surface area contributed by atoms with Gasteiger partial charge in [0, 0.05) is 14.1 Å². The molecule has 1 aliphatic rings. The topological polar surface area (TPSA) is 91.2 Å². The molecule has 0 unspecified atom stereocenters. The number of rotatable bonds is 6. The number of nitrogens with zero attached hydrogens (tertiary/aromatic N) is 2. The maximum absolute atomic E-state index is 13.3. The van der Waals surface area contributed by atoms with Crippen molar-refractivity contribution in [3.05, 3.63) is 30.1 Å². The maximum atomic E-state index is 13.3. The van der Waals surface area contributed by atoms with Gasteiger partial charge in [0.15, 0.2) is 6.54 Å². The number of halogens is 1. The number of quaternary nitrogens is 1. The molecule has 1 aromatic rings. The van der Waals surface area contributed by atoms with Gasteiger partial charge >= 0.3 is 0 Å². The van der Waals surface area contributed by atoms with Gasteiger partial charge in [-0.1, -0.05) is 6.07 Å². The summed E-state index contributed by atoms with van der Waals surface area (Å²) in [5.74, 6) is -1.02. The van der Waals surface area contributed by atoms with Crippen LogP contribution in [0.2, 0.25) is 0 Å². The van der Waals surface area contributed by atoms with Crippen LogP contribution in [0, 0.1) is 5.82 Å². The first-order valence-corrected chi connectivity index (χ1v) is 9.72. The number of likely N-dealkylation sites (N-methyl/N-ethyl adjacent to an activating group) is 2. The van der Waals surface area contributed by atoms with Crippen LogP contribution in [0.1, 0.15) is 0 Å². The van der Waals surface area contributed by atoms with E-state index >= 15 is 0 Å². The predicted octanol–water partition coefficient (Wildman–Crippen LogP) is -2.08. The number of benzene rings is 1. The van der Waals surface area contributed by atoms with Crippen molar-refractivity contribution in [3.63, 3.8) is 0 Å². The zero-order valence-electron chi connectivity index (χ0n) is 14.9. The largest absolute Gasteiger partial charge is 0.358 e. The summed E-state index contributed by atoms with van der Waals surface area (Å²) in [6.07, 6.45) is 0. The molecule has 1 saturated heterocycles. The van der Waals surface area contributed by atoms with Crippen LogP contribution in [-0.2, 0) is 19.6 Å². The van der Waals surface area contributed by atoms with E-state index in [9.17, 15) is 22.4 Å². The Bertz CT molecular complexity index is 763. The normalized spacial score (nSPS) is 16.3. The van der Waals surface area contributed by atoms with Crippen LogP contribution in [-0.4, -0.2) is 82.8 Å². The molecule has 0 spiro atoms. The third kappa shape index (κ3) is 4.99. The highest BCUT2D eigenvalue weighted by Crippen LogP contribution is 2.16. The number of piperazine rings is 1. The van der Waals surface area contributed by atoms with Gasteiger partial charge in [-0.15, -0.1) is 0 Å². The Morgan fingerprint density at radius 1 is 1.31 bits per heavy atom. The molecular formula is C16H24FN4O4S+. The summed E-state index contributed by atoms with van der Waals surface area (Å²) in [6.45, 7) is 1.62. The molecule has 26 heavy (non-hydrogen) atoms. The average Bonchev–Trinajstić information content (AvgIpc) is 2.62. The van der Waals surface area contributed by atoms with Crippen molar-refractivity contribution in [2.45, 2.75) is 4.90 Å². The van der Waals surface area contributed by atoms with Gasteiger partial charge in [0.05, 0.1) is 37.6 Å². The van der Waals surface area contributed by atoms with Crippen LogP contribution in [0.4, 0.5) is 4.39 Å². The van der Waals surface area contributed by atoms with Crippen molar-refractivity contribution >= 4 is 21.8 Å². The molecule has 0 aromatic heterocycles. The first-order valence-electron chi connectivity index (χ1n) is 8.28. The molecule has 8 nitrogen and oxygen atoms in total. The number of hydrogen-bond donors (Lipinski definition) is 2. The third-order valence-corrected chi connectivity index (χ3v) is 6.24. The molecular weight excluding hydrogens is 363 g/mol.